The molecule has 0 radical (unpaired) electrons. The summed E-state index contributed by atoms with van der Waals surface area (Å²) in [4.78, 5) is 12.4. The first-order valence-corrected chi connectivity index (χ1v) is 8.77. The van der Waals surface area contributed by atoms with Crippen LogP contribution in [0.15, 0.2) is 0 Å². The maximum absolute atomic E-state index is 12.4. The molecule has 3 nitrogen and oxygen atoms in total. The van der Waals surface area contributed by atoms with Crippen LogP contribution < -0.4 is 11.1 Å². The van der Waals surface area contributed by atoms with Gasteiger partial charge in [-0.2, -0.15) is 0 Å². The van der Waals surface area contributed by atoms with E-state index in [0.717, 1.165) is 25.3 Å². The summed E-state index contributed by atoms with van der Waals surface area (Å²) in [5, 5.41) is 3.25. The number of hydrogen-bond donors (Lipinski definition) is 2. The van der Waals surface area contributed by atoms with Gasteiger partial charge in [-0.25, -0.2) is 0 Å². The normalized spacial score (nSPS) is 36.6. The Morgan fingerprint density at radius 3 is 2.19 bits per heavy atom. The van der Waals surface area contributed by atoms with Gasteiger partial charge in [-0.05, 0) is 56.3 Å². The molecular formula is C17H31ClN2O. The molecule has 0 heterocycles. The van der Waals surface area contributed by atoms with Crippen LogP contribution in [0.4, 0.5) is 0 Å². The minimum absolute atomic E-state index is 0. The molecule has 0 spiro atoms. The number of hydrogen-bond acceptors (Lipinski definition) is 2. The summed E-state index contributed by atoms with van der Waals surface area (Å²) in [5.41, 5.74) is 6.31. The van der Waals surface area contributed by atoms with Gasteiger partial charge in [-0.3, -0.25) is 4.79 Å². The molecule has 3 saturated carbocycles. The van der Waals surface area contributed by atoms with Crippen molar-refractivity contribution < 1.29 is 4.79 Å². The van der Waals surface area contributed by atoms with Gasteiger partial charge in [0.15, 0.2) is 0 Å². The van der Waals surface area contributed by atoms with E-state index < -0.39 is 0 Å². The summed E-state index contributed by atoms with van der Waals surface area (Å²) < 4.78 is 0. The Hall–Kier alpha value is -0.280. The minimum atomic E-state index is 0. The molecule has 0 aliphatic heterocycles. The van der Waals surface area contributed by atoms with Crippen LogP contribution in [0, 0.1) is 23.7 Å². The van der Waals surface area contributed by atoms with E-state index in [1.165, 1.54) is 51.4 Å². The number of nitrogens with one attached hydrogen (secondary N) is 1. The molecule has 0 aromatic carbocycles. The molecule has 1 amide bonds. The van der Waals surface area contributed by atoms with Crippen molar-refractivity contribution in [2.45, 2.75) is 70.3 Å². The Morgan fingerprint density at radius 2 is 1.57 bits per heavy atom. The fourth-order valence-electron chi connectivity index (χ4n) is 4.78. The second kappa shape index (κ2) is 7.82. The maximum atomic E-state index is 12.4. The lowest BCUT2D eigenvalue weighted by atomic mass is 9.65. The van der Waals surface area contributed by atoms with Gasteiger partial charge in [-0.1, -0.05) is 25.7 Å². The summed E-state index contributed by atoms with van der Waals surface area (Å²) in [6.45, 7) is 0.913. The molecule has 21 heavy (non-hydrogen) atoms. The van der Waals surface area contributed by atoms with Crippen molar-refractivity contribution in [1.82, 2.24) is 5.32 Å². The van der Waals surface area contributed by atoms with Crippen LogP contribution in [-0.4, -0.2) is 18.5 Å². The third-order valence-electron chi connectivity index (χ3n) is 6.07. The summed E-state index contributed by atoms with van der Waals surface area (Å²) >= 11 is 0. The lowest BCUT2D eigenvalue weighted by molar-refractivity contribution is -0.128. The molecule has 3 rings (SSSR count). The lowest BCUT2D eigenvalue weighted by Crippen LogP contribution is -2.49. The predicted molar refractivity (Wildman–Crippen MR) is 88.4 cm³/mol. The first-order valence-electron chi connectivity index (χ1n) is 8.77. The Kier molecular flexibility index (Phi) is 6.36. The van der Waals surface area contributed by atoms with E-state index >= 15 is 0 Å². The zero-order valence-corrected chi connectivity index (χ0v) is 13.9. The van der Waals surface area contributed by atoms with Gasteiger partial charge in [0.25, 0.3) is 0 Å². The van der Waals surface area contributed by atoms with Gasteiger partial charge < -0.3 is 11.1 Å². The molecule has 0 aromatic heterocycles. The predicted octanol–water partition coefficient (Wildman–Crippen LogP) is 3.26. The average Bonchev–Trinajstić information content (AvgIpc) is 2.45. The largest absolute Gasteiger partial charge is 0.356 e. The van der Waals surface area contributed by atoms with E-state index in [4.69, 9.17) is 5.73 Å². The van der Waals surface area contributed by atoms with E-state index in [1.54, 1.807) is 0 Å². The Bertz CT molecular complexity index is 330. The van der Waals surface area contributed by atoms with E-state index in [-0.39, 0.29) is 18.3 Å². The van der Waals surface area contributed by atoms with Crippen LogP contribution in [0.1, 0.15) is 64.2 Å². The van der Waals surface area contributed by atoms with Crippen LogP contribution in [-0.2, 0) is 4.79 Å². The molecule has 3 fully saturated rings. The van der Waals surface area contributed by atoms with Crippen molar-refractivity contribution in [3.8, 4) is 0 Å². The highest BCUT2D eigenvalue weighted by Crippen LogP contribution is 2.41. The molecule has 0 saturated heterocycles. The number of amides is 1. The molecule has 2 atom stereocenters. The molecule has 3 N–H and O–H groups in total. The molecular weight excluding hydrogens is 284 g/mol. The van der Waals surface area contributed by atoms with Gasteiger partial charge in [0.1, 0.15) is 0 Å². The lowest BCUT2D eigenvalue weighted by Gasteiger charge is -2.43. The monoisotopic (exact) mass is 314 g/mol. The van der Waals surface area contributed by atoms with E-state index in [1.807, 2.05) is 0 Å². The number of nitrogens with two attached hydrogens (primary N) is 1. The Balaban J connectivity index is 0.00000161. The van der Waals surface area contributed by atoms with Crippen molar-refractivity contribution >= 4 is 18.3 Å². The van der Waals surface area contributed by atoms with Gasteiger partial charge >= 0.3 is 0 Å². The zero-order chi connectivity index (χ0) is 13.9. The Labute approximate surface area is 135 Å². The highest BCUT2D eigenvalue weighted by Gasteiger charge is 2.40. The van der Waals surface area contributed by atoms with E-state index in [2.05, 4.69) is 5.32 Å². The van der Waals surface area contributed by atoms with Crippen molar-refractivity contribution in [3.63, 3.8) is 0 Å². The highest BCUT2D eigenvalue weighted by molar-refractivity contribution is 5.85. The summed E-state index contributed by atoms with van der Waals surface area (Å²) in [6.07, 6.45) is 12.6. The van der Waals surface area contributed by atoms with E-state index in [0.29, 0.717) is 23.8 Å². The van der Waals surface area contributed by atoms with E-state index in [9.17, 15) is 4.79 Å². The standard InChI is InChI=1S/C17H30N2O.ClH/c18-16-13-7-4-8-14(16)10-15(9-13)17(20)19-11-12-5-2-1-3-6-12;/h12-16H,1-11,18H2,(H,19,20);1H. The van der Waals surface area contributed by atoms with Crippen molar-refractivity contribution in [3.05, 3.63) is 0 Å². The Morgan fingerprint density at radius 1 is 0.952 bits per heavy atom. The number of rotatable bonds is 3. The van der Waals surface area contributed by atoms with Crippen LogP contribution in [0.2, 0.25) is 0 Å². The number of halogens is 1. The van der Waals surface area contributed by atoms with Crippen LogP contribution in [0.5, 0.6) is 0 Å². The van der Waals surface area contributed by atoms with Gasteiger partial charge in [-0.15, -0.1) is 12.4 Å². The molecule has 4 heteroatoms. The average molecular weight is 315 g/mol. The van der Waals surface area contributed by atoms with Gasteiger partial charge in [0, 0.05) is 18.5 Å². The minimum Gasteiger partial charge on any atom is -0.356 e. The summed E-state index contributed by atoms with van der Waals surface area (Å²) in [6, 6.07) is 0.367. The molecule has 122 valence electrons. The second-order valence-electron chi connectivity index (χ2n) is 7.45. The molecule has 2 unspecified atom stereocenters. The quantitative estimate of drug-likeness (QED) is 0.840. The summed E-state index contributed by atoms with van der Waals surface area (Å²) in [7, 11) is 0. The van der Waals surface area contributed by atoms with Crippen LogP contribution in [0.25, 0.3) is 0 Å². The second-order valence-corrected chi connectivity index (χ2v) is 7.45. The smallest absolute Gasteiger partial charge is 0.223 e. The summed E-state index contributed by atoms with van der Waals surface area (Å²) in [5.74, 6) is 2.51. The first-order chi connectivity index (χ1) is 9.74. The van der Waals surface area contributed by atoms with Crippen molar-refractivity contribution in [2.24, 2.45) is 29.4 Å². The number of carbonyl (C=O) groups excluding carboxylic acids is 1. The fourth-order valence-corrected chi connectivity index (χ4v) is 4.78. The number of fused-ring (bicyclic) bond motifs is 2. The fraction of sp³-hybridized carbons (Fsp3) is 0.941. The van der Waals surface area contributed by atoms with Crippen LogP contribution in [0.3, 0.4) is 0 Å². The molecule has 2 bridgehead atoms. The topological polar surface area (TPSA) is 55.1 Å². The zero-order valence-electron chi connectivity index (χ0n) is 13.1. The van der Waals surface area contributed by atoms with Crippen molar-refractivity contribution in [1.29, 1.82) is 0 Å². The van der Waals surface area contributed by atoms with Gasteiger partial charge in [0.05, 0.1) is 0 Å². The van der Waals surface area contributed by atoms with Crippen LogP contribution >= 0.6 is 12.4 Å². The molecule has 3 aliphatic carbocycles. The third kappa shape index (κ3) is 4.13. The SMILES string of the molecule is Cl.NC1C2CCCC1CC(C(=O)NCC1CCCCC1)C2. The third-order valence-corrected chi connectivity index (χ3v) is 6.07. The van der Waals surface area contributed by atoms with Gasteiger partial charge in [0.2, 0.25) is 5.91 Å². The number of carbonyl (C=O) groups is 1. The first kappa shape index (κ1) is 17.1. The van der Waals surface area contributed by atoms with Crippen molar-refractivity contribution in [2.75, 3.05) is 6.54 Å². The highest BCUT2D eigenvalue weighted by atomic mass is 35.5. The maximum Gasteiger partial charge on any atom is 0.223 e. The molecule has 0 aromatic rings. The molecule has 3 aliphatic rings.